The number of fused-ring (bicyclic) bond motifs is 1. The molecular weight excluding hydrogens is 330 g/mol. The second-order valence-corrected chi connectivity index (χ2v) is 6.98. The van der Waals surface area contributed by atoms with Crippen LogP contribution in [-0.2, 0) is 4.74 Å². The average molecular weight is 347 g/mol. The van der Waals surface area contributed by atoms with Gasteiger partial charge in [-0.25, -0.2) is 4.79 Å². The summed E-state index contributed by atoms with van der Waals surface area (Å²) in [7, 11) is 0. The molecule has 132 valence electrons. The van der Waals surface area contributed by atoms with Gasteiger partial charge in [0.2, 0.25) is 0 Å². The molecule has 3 amide bonds. The molecule has 1 fully saturated rings. The first kappa shape index (κ1) is 16.9. The molecule has 1 aromatic carbocycles. The molecule has 0 saturated carbocycles. The van der Waals surface area contributed by atoms with Gasteiger partial charge in [0.25, 0.3) is 17.5 Å². The van der Waals surface area contributed by atoms with E-state index in [0.29, 0.717) is 0 Å². The lowest BCUT2D eigenvalue weighted by Crippen LogP contribution is -2.62. The zero-order chi connectivity index (χ0) is 18.5. The second kappa shape index (κ2) is 5.54. The van der Waals surface area contributed by atoms with E-state index in [2.05, 4.69) is 0 Å². The van der Waals surface area contributed by atoms with Gasteiger partial charge in [0, 0.05) is 19.2 Å². The van der Waals surface area contributed by atoms with Gasteiger partial charge in [-0.05, 0) is 26.8 Å². The Hall–Kier alpha value is -2.97. The maximum absolute atomic E-state index is 12.5. The topological polar surface area (TPSA) is 110 Å². The smallest absolute Gasteiger partial charge is 0.410 e. The van der Waals surface area contributed by atoms with E-state index in [0.717, 1.165) is 4.90 Å². The van der Waals surface area contributed by atoms with E-state index in [9.17, 15) is 24.5 Å². The van der Waals surface area contributed by atoms with Gasteiger partial charge in [-0.2, -0.15) is 0 Å². The Morgan fingerprint density at radius 1 is 1.24 bits per heavy atom. The summed E-state index contributed by atoms with van der Waals surface area (Å²) in [4.78, 5) is 49.8. The molecule has 0 unspecified atom stereocenters. The molecule has 0 radical (unpaired) electrons. The van der Waals surface area contributed by atoms with E-state index in [4.69, 9.17) is 4.74 Å². The van der Waals surface area contributed by atoms with Crippen LogP contribution >= 0.6 is 0 Å². The van der Waals surface area contributed by atoms with Gasteiger partial charge in [0.05, 0.1) is 16.5 Å². The van der Waals surface area contributed by atoms with Gasteiger partial charge in [0.15, 0.2) is 0 Å². The van der Waals surface area contributed by atoms with E-state index in [1.165, 1.54) is 23.1 Å². The number of imide groups is 1. The van der Waals surface area contributed by atoms with Crippen molar-refractivity contribution >= 4 is 23.6 Å². The second-order valence-electron chi connectivity index (χ2n) is 6.98. The number of rotatable bonds is 2. The number of carbonyl (C=O) groups is 3. The fraction of sp³-hybridized carbons (Fsp3) is 0.438. The van der Waals surface area contributed by atoms with Crippen molar-refractivity contribution in [3.8, 4) is 0 Å². The Kier molecular flexibility index (Phi) is 3.74. The van der Waals surface area contributed by atoms with Crippen LogP contribution in [-0.4, -0.2) is 57.4 Å². The third-order valence-electron chi connectivity index (χ3n) is 4.00. The van der Waals surface area contributed by atoms with Crippen molar-refractivity contribution < 1.29 is 24.0 Å². The van der Waals surface area contributed by atoms with Crippen LogP contribution < -0.4 is 0 Å². The van der Waals surface area contributed by atoms with Crippen molar-refractivity contribution in [2.45, 2.75) is 32.4 Å². The van der Waals surface area contributed by atoms with Gasteiger partial charge >= 0.3 is 6.09 Å². The molecule has 3 rings (SSSR count). The molecule has 1 saturated heterocycles. The molecule has 9 heteroatoms. The van der Waals surface area contributed by atoms with Crippen molar-refractivity contribution in [3.63, 3.8) is 0 Å². The monoisotopic (exact) mass is 347 g/mol. The van der Waals surface area contributed by atoms with Crippen molar-refractivity contribution in [3.05, 3.63) is 39.4 Å². The molecule has 0 aromatic heterocycles. The number of ether oxygens (including phenoxy) is 1. The zero-order valence-corrected chi connectivity index (χ0v) is 14.0. The third kappa shape index (κ3) is 2.81. The van der Waals surface area contributed by atoms with Gasteiger partial charge in [-0.3, -0.25) is 24.6 Å². The van der Waals surface area contributed by atoms with E-state index in [1.54, 1.807) is 20.8 Å². The van der Waals surface area contributed by atoms with Crippen LogP contribution in [0.4, 0.5) is 10.5 Å². The quantitative estimate of drug-likeness (QED) is 0.458. The van der Waals surface area contributed by atoms with Crippen molar-refractivity contribution in [1.82, 2.24) is 9.80 Å². The van der Waals surface area contributed by atoms with Crippen LogP contribution in [0.1, 0.15) is 41.5 Å². The Morgan fingerprint density at radius 2 is 1.88 bits per heavy atom. The first-order valence-corrected chi connectivity index (χ1v) is 7.73. The fourth-order valence-electron chi connectivity index (χ4n) is 2.86. The number of carbonyl (C=O) groups excluding carboxylic acids is 3. The van der Waals surface area contributed by atoms with Crippen LogP contribution in [0, 0.1) is 10.1 Å². The fourth-order valence-corrected chi connectivity index (χ4v) is 2.86. The molecule has 0 aliphatic carbocycles. The first-order valence-electron chi connectivity index (χ1n) is 7.73. The minimum Gasteiger partial charge on any atom is -0.444 e. The number of nitro benzene ring substituents is 1. The lowest BCUT2D eigenvalue weighted by atomic mass is 10.1. The summed E-state index contributed by atoms with van der Waals surface area (Å²) in [5.74, 6) is -1.27. The van der Waals surface area contributed by atoms with Crippen LogP contribution in [0.3, 0.4) is 0 Å². The number of nitro groups is 1. The predicted molar refractivity (Wildman–Crippen MR) is 85.2 cm³/mol. The molecule has 2 aliphatic rings. The maximum Gasteiger partial charge on any atom is 0.410 e. The van der Waals surface area contributed by atoms with Gasteiger partial charge in [0.1, 0.15) is 11.2 Å². The summed E-state index contributed by atoms with van der Waals surface area (Å²) < 4.78 is 5.23. The van der Waals surface area contributed by atoms with Crippen LogP contribution in [0.5, 0.6) is 0 Å². The third-order valence-corrected chi connectivity index (χ3v) is 4.00. The summed E-state index contributed by atoms with van der Waals surface area (Å²) in [6.45, 7) is 5.52. The predicted octanol–water partition coefficient (Wildman–Crippen LogP) is 1.81. The van der Waals surface area contributed by atoms with E-state index in [1.807, 2.05) is 0 Å². The zero-order valence-electron chi connectivity index (χ0n) is 14.0. The van der Waals surface area contributed by atoms with Crippen molar-refractivity contribution in [1.29, 1.82) is 0 Å². The number of hydrogen-bond acceptors (Lipinski definition) is 6. The Labute approximate surface area is 143 Å². The summed E-state index contributed by atoms with van der Waals surface area (Å²) in [5, 5.41) is 11.1. The molecule has 1 aromatic rings. The molecule has 2 heterocycles. The lowest BCUT2D eigenvalue weighted by molar-refractivity contribution is -0.385. The lowest BCUT2D eigenvalue weighted by Gasteiger charge is -2.42. The van der Waals surface area contributed by atoms with Gasteiger partial charge in [-0.1, -0.05) is 6.07 Å². The average Bonchev–Trinajstić information content (AvgIpc) is 2.69. The number of hydrogen-bond donors (Lipinski definition) is 0. The summed E-state index contributed by atoms with van der Waals surface area (Å²) in [5.41, 5.74) is -1.19. The molecule has 9 nitrogen and oxygen atoms in total. The Balaban J connectivity index is 1.76. The first-order chi connectivity index (χ1) is 11.6. The van der Waals surface area contributed by atoms with Gasteiger partial charge < -0.3 is 9.64 Å². The summed E-state index contributed by atoms with van der Waals surface area (Å²) in [6.07, 6.45) is -0.522. The summed E-state index contributed by atoms with van der Waals surface area (Å²) >= 11 is 0. The number of benzene rings is 1. The largest absolute Gasteiger partial charge is 0.444 e. The van der Waals surface area contributed by atoms with Crippen LogP contribution in [0.25, 0.3) is 0 Å². The molecule has 2 aliphatic heterocycles. The minimum absolute atomic E-state index is 0.0231. The minimum atomic E-state index is -0.693. The molecule has 0 atom stereocenters. The highest BCUT2D eigenvalue weighted by Crippen LogP contribution is 2.33. The molecular formula is C16H17N3O6. The van der Waals surface area contributed by atoms with E-state index >= 15 is 0 Å². The van der Waals surface area contributed by atoms with Crippen LogP contribution in [0.2, 0.25) is 0 Å². The number of amides is 3. The number of nitrogens with zero attached hydrogens (tertiary/aromatic N) is 3. The van der Waals surface area contributed by atoms with Gasteiger partial charge in [-0.15, -0.1) is 0 Å². The highest BCUT2D eigenvalue weighted by atomic mass is 16.6. The highest BCUT2D eigenvalue weighted by Gasteiger charge is 2.48. The molecule has 0 N–H and O–H groups in total. The van der Waals surface area contributed by atoms with Crippen LogP contribution in [0.15, 0.2) is 18.2 Å². The molecule has 25 heavy (non-hydrogen) atoms. The summed E-state index contributed by atoms with van der Waals surface area (Å²) in [6, 6.07) is 3.45. The van der Waals surface area contributed by atoms with Crippen molar-refractivity contribution in [2.75, 3.05) is 13.1 Å². The van der Waals surface area contributed by atoms with Crippen molar-refractivity contribution in [2.24, 2.45) is 0 Å². The van der Waals surface area contributed by atoms with E-state index < -0.39 is 34.5 Å². The SMILES string of the molecule is CC(C)(C)OC(=O)N1CC(N2C(=O)c3cccc([N+](=O)[O-])c3C2=O)C1. The highest BCUT2D eigenvalue weighted by molar-refractivity contribution is 6.23. The Morgan fingerprint density at radius 3 is 2.44 bits per heavy atom. The number of likely N-dealkylation sites (tertiary alicyclic amines) is 1. The molecule has 0 bridgehead atoms. The molecule has 0 spiro atoms. The van der Waals surface area contributed by atoms with E-state index in [-0.39, 0.29) is 29.9 Å². The standard InChI is InChI=1S/C16H17N3O6/c1-16(2,3)25-15(22)17-7-9(8-17)18-13(20)10-5-4-6-11(19(23)24)12(10)14(18)21/h4-6,9H,7-8H2,1-3H3. The normalized spacial score (nSPS) is 17.4. The maximum atomic E-state index is 12.5. The Bertz CT molecular complexity index is 792.